The van der Waals surface area contributed by atoms with Gasteiger partial charge in [0, 0.05) is 54.7 Å². The molecule has 7 nitrogen and oxygen atoms in total. The fourth-order valence-electron chi connectivity index (χ4n) is 3.96. The minimum absolute atomic E-state index is 0.129. The fourth-order valence-corrected chi connectivity index (χ4v) is 3.96. The monoisotopic (exact) mass is 403 g/mol. The first-order chi connectivity index (χ1) is 14.7. The minimum atomic E-state index is -0.129. The first kappa shape index (κ1) is 18.7. The van der Waals surface area contributed by atoms with Gasteiger partial charge in [0.2, 0.25) is 0 Å². The smallest absolute Gasteiger partial charge is 0.272 e. The van der Waals surface area contributed by atoms with Crippen LogP contribution in [0.1, 0.15) is 23.3 Å². The predicted octanol–water partition coefficient (Wildman–Crippen LogP) is 2.86. The second-order valence-corrected chi connectivity index (χ2v) is 7.84. The fraction of sp³-hybridized carbons (Fsp3) is 0.348. The van der Waals surface area contributed by atoms with Crippen LogP contribution in [-0.2, 0) is 0 Å². The van der Waals surface area contributed by atoms with Crippen molar-refractivity contribution in [1.82, 2.24) is 15.5 Å². The summed E-state index contributed by atoms with van der Waals surface area (Å²) in [5.74, 6) is 1.58. The number of benzene rings is 2. The third-order valence-electron chi connectivity index (χ3n) is 5.79. The summed E-state index contributed by atoms with van der Waals surface area (Å²) in [6.45, 7) is 3.44. The zero-order chi connectivity index (χ0) is 20.5. The number of fused-ring (bicyclic) bond motifs is 1. The average Bonchev–Trinajstić information content (AvgIpc) is 3.62. The molecule has 1 saturated heterocycles. The van der Waals surface area contributed by atoms with E-state index in [1.165, 1.54) is 0 Å². The molecule has 0 radical (unpaired) electrons. The maximum absolute atomic E-state index is 12.6. The molecule has 1 saturated carbocycles. The lowest BCUT2D eigenvalue weighted by atomic mass is 10.1. The zero-order valence-corrected chi connectivity index (χ0v) is 17.0. The van der Waals surface area contributed by atoms with Crippen LogP contribution in [0.15, 0.2) is 48.5 Å². The van der Waals surface area contributed by atoms with Gasteiger partial charge in [0.15, 0.2) is 11.5 Å². The summed E-state index contributed by atoms with van der Waals surface area (Å²) in [6, 6.07) is 16.4. The van der Waals surface area contributed by atoms with Gasteiger partial charge in [-0.1, -0.05) is 30.3 Å². The molecule has 0 bridgehead atoms. The van der Waals surface area contributed by atoms with Crippen LogP contribution in [0.25, 0.3) is 10.8 Å². The number of hydrogen-bond acceptors (Lipinski definition) is 6. The van der Waals surface area contributed by atoms with Crippen LogP contribution in [0.2, 0.25) is 0 Å². The highest BCUT2D eigenvalue weighted by Gasteiger charge is 2.27. The van der Waals surface area contributed by atoms with Crippen molar-refractivity contribution in [3.8, 4) is 5.75 Å². The molecule has 30 heavy (non-hydrogen) atoms. The van der Waals surface area contributed by atoms with Gasteiger partial charge in [0.05, 0.1) is 7.11 Å². The molecule has 3 aromatic rings. The van der Waals surface area contributed by atoms with Crippen LogP contribution >= 0.6 is 0 Å². The minimum Gasteiger partial charge on any atom is -0.497 e. The lowest BCUT2D eigenvalue weighted by Gasteiger charge is -2.37. The number of piperazine rings is 1. The van der Waals surface area contributed by atoms with Crippen molar-refractivity contribution in [3.05, 3.63) is 54.2 Å². The quantitative estimate of drug-likeness (QED) is 0.706. The molecular weight excluding hydrogens is 378 g/mol. The van der Waals surface area contributed by atoms with E-state index in [1.54, 1.807) is 7.11 Å². The topological polar surface area (TPSA) is 70.6 Å². The maximum Gasteiger partial charge on any atom is 0.272 e. The highest BCUT2D eigenvalue weighted by Crippen LogP contribution is 2.29. The van der Waals surface area contributed by atoms with E-state index in [-0.39, 0.29) is 5.91 Å². The Kier molecular flexibility index (Phi) is 4.86. The van der Waals surface area contributed by atoms with Gasteiger partial charge in [-0.3, -0.25) is 4.79 Å². The number of methoxy groups -OCH3 is 1. The van der Waals surface area contributed by atoms with Crippen LogP contribution < -0.4 is 19.9 Å². The number of nitrogens with zero attached hydrogens (tertiary/aromatic N) is 4. The number of nitrogens with one attached hydrogen (secondary N) is 1. The molecular formula is C23H25N5O2. The van der Waals surface area contributed by atoms with Crippen molar-refractivity contribution in [2.45, 2.75) is 18.9 Å². The van der Waals surface area contributed by atoms with E-state index in [0.29, 0.717) is 11.7 Å². The molecule has 2 aromatic carbocycles. The molecule has 0 spiro atoms. The number of rotatable bonds is 5. The molecule has 0 atom stereocenters. The molecule has 2 aliphatic rings. The van der Waals surface area contributed by atoms with Crippen LogP contribution in [0.5, 0.6) is 5.75 Å². The standard InChI is InChI=1S/C23H25N5O2/c1-30-18-6-4-5-17(15-18)27-11-13-28(14-12-27)22-20-8-3-2-7-19(20)21(25-26-22)23(29)24-16-9-10-16/h2-8,15-16H,9-14H2,1H3,(H,24,29). The Morgan fingerprint density at radius 3 is 2.43 bits per heavy atom. The summed E-state index contributed by atoms with van der Waals surface area (Å²) >= 11 is 0. The van der Waals surface area contributed by atoms with Crippen molar-refractivity contribution in [2.24, 2.45) is 0 Å². The lowest BCUT2D eigenvalue weighted by molar-refractivity contribution is 0.0947. The average molecular weight is 403 g/mol. The Morgan fingerprint density at radius 1 is 0.967 bits per heavy atom. The Morgan fingerprint density at radius 2 is 1.70 bits per heavy atom. The summed E-state index contributed by atoms with van der Waals surface area (Å²) in [4.78, 5) is 17.2. The van der Waals surface area contributed by atoms with Gasteiger partial charge in [0.25, 0.3) is 5.91 Å². The van der Waals surface area contributed by atoms with Crippen molar-refractivity contribution < 1.29 is 9.53 Å². The molecule has 1 aliphatic heterocycles. The molecule has 1 amide bonds. The maximum atomic E-state index is 12.6. The van der Waals surface area contributed by atoms with Gasteiger partial charge >= 0.3 is 0 Å². The molecule has 1 N–H and O–H groups in total. The Balaban J connectivity index is 1.37. The first-order valence-corrected chi connectivity index (χ1v) is 10.4. The number of hydrogen-bond donors (Lipinski definition) is 1. The Hall–Kier alpha value is -3.35. The molecule has 1 aliphatic carbocycles. The van der Waals surface area contributed by atoms with Crippen molar-refractivity contribution in [3.63, 3.8) is 0 Å². The van der Waals surface area contributed by atoms with E-state index in [9.17, 15) is 4.79 Å². The molecule has 5 rings (SSSR count). The van der Waals surface area contributed by atoms with Gasteiger partial charge in [0.1, 0.15) is 5.75 Å². The number of carbonyl (C=O) groups is 1. The lowest BCUT2D eigenvalue weighted by Crippen LogP contribution is -2.47. The van der Waals surface area contributed by atoms with Crippen molar-refractivity contribution >= 4 is 28.2 Å². The predicted molar refractivity (Wildman–Crippen MR) is 117 cm³/mol. The van der Waals surface area contributed by atoms with E-state index >= 15 is 0 Å². The van der Waals surface area contributed by atoms with Gasteiger partial charge in [-0.25, -0.2) is 0 Å². The summed E-state index contributed by atoms with van der Waals surface area (Å²) < 4.78 is 5.35. The van der Waals surface area contributed by atoms with E-state index in [0.717, 1.165) is 67.0 Å². The van der Waals surface area contributed by atoms with Crippen LogP contribution in [0.4, 0.5) is 11.5 Å². The zero-order valence-electron chi connectivity index (χ0n) is 17.0. The van der Waals surface area contributed by atoms with Crippen LogP contribution in [0, 0.1) is 0 Å². The molecule has 0 unspecified atom stereocenters. The van der Waals surface area contributed by atoms with E-state index in [2.05, 4.69) is 37.4 Å². The van der Waals surface area contributed by atoms with Gasteiger partial charge in [-0.05, 0) is 25.0 Å². The molecule has 2 fully saturated rings. The van der Waals surface area contributed by atoms with E-state index in [1.807, 2.05) is 36.4 Å². The number of carbonyl (C=O) groups excluding carboxylic acids is 1. The molecule has 7 heteroatoms. The number of anilines is 2. The summed E-state index contributed by atoms with van der Waals surface area (Å²) in [5.41, 5.74) is 1.58. The molecule has 2 heterocycles. The van der Waals surface area contributed by atoms with Gasteiger partial charge in [-0.2, -0.15) is 0 Å². The highest BCUT2D eigenvalue weighted by atomic mass is 16.5. The molecule has 1 aromatic heterocycles. The second kappa shape index (κ2) is 7.82. The van der Waals surface area contributed by atoms with Gasteiger partial charge < -0.3 is 19.9 Å². The Bertz CT molecular complexity index is 1070. The van der Waals surface area contributed by atoms with Crippen LogP contribution in [0.3, 0.4) is 0 Å². The van der Waals surface area contributed by atoms with E-state index in [4.69, 9.17) is 4.74 Å². The summed E-state index contributed by atoms with van der Waals surface area (Å²) in [5, 5.41) is 13.7. The number of ether oxygens (including phenoxy) is 1. The van der Waals surface area contributed by atoms with Crippen LogP contribution in [-0.4, -0.2) is 55.4 Å². The summed E-state index contributed by atoms with van der Waals surface area (Å²) in [7, 11) is 1.69. The largest absolute Gasteiger partial charge is 0.497 e. The number of aromatic nitrogens is 2. The summed E-state index contributed by atoms with van der Waals surface area (Å²) in [6.07, 6.45) is 2.10. The third kappa shape index (κ3) is 3.63. The molecule has 154 valence electrons. The van der Waals surface area contributed by atoms with E-state index < -0.39 is 0 Å². The normalized spacial score (nSPS) is 16.6. The second-order valence-electron chi connectivity index (χ2n) is 7.84. The van der Waals surface area contributed by atoms with Crippen molar-refractivity contribution in [1.29, 1.82) is 0 Å². The number of amides is 1. The SMILES string of the molecule is COc1cccc(N2CCN(c3nnc(C(=O)NC4CC4)c4ccccc34)CC2)c1. The first-order valence-electron chi connectivity index (χ1n) is 10.4. The Labute approximate surface area is 175 Å². The van der Waals surface area contributed by atoms with Crippen molar-refractivity contribution in [2.75, 3.05) is 43.1 Å². The third-order valence-corrected chi connectivity index (χ3v) is 5.79. The highest BCUT2D eigenvalue weighted by molar-refractivity contribution is 6.07. The van der Waals surface area contributed by atoms with Gasteiger partial charge in [-0.15, -0.1) is 10.2 Å².